The lowest BCUT2D eigenvalue weighted by atomic mass is 10.0. The van der Waals surface area contributed by atoms with E-state index < -0.39 is 43.1 Å². The van der Waals surface area contributed by atoms with E-state index >= 15 is 0 Å². The number of hydrogen-bond donors (Lipinski definition) is 1. The Hall–Kier alpha value is -1.28. The van der Waals surface area contributed by atoms with Crippen molar-refractivity contribution in [2.24, 2.45) is 5.73 Å². The maximum Gasteiger partial charge on any atom is 0.323 e. The van der Waals surface area contributed by atoms with Gasteiger partial charge in [0, 0.05) is 13.2 Å². The fourth-order valence-corrected chi connectivity index (χ4v) is 1.89. The van der Waals surface area contributed by atoms with E-state index in [-0.39, 0.29) is 19.6 Å². The number of hydrogen-bond acceptors (Lipinski definition) is 5. The van der Waals surface area contributed by atoms with Crippen LogP contribution in [0.5, 0.6) is 0 Å². The summed E-state index contributed by atoms with van der Waals surface area (Å²) in [5, 5.41) is 0. The highest BCUT2D eigenvalue weighted by atomic mass is 19.3. The standard InChI is InChI=1S/C12H20F2N2O4/c1-3-19-9-4-5-16(7-12(9,13)14)10(17)6-20-11(18)8(2)15/h8-9H,3-7,15H2,1-2H3/t8-,9+/m1/s1. The first-order chi connectivity index (χ1) is 9.27. The van der Waals surface area contributed by atoms with E-state index in [2.05, 4.69) is 4.74 Å². The van der Waals surface area contributed by atoms with Gasteiger partial charge in [-0.2, -0.15) is 0 Å². The minimum Gasteiger partial charge on any atom is -0.454 e. The third kappa shape index (κ3) is 4.38. The molecule has 8 heteroatoms. The Labute approximate surface area is 116 Å². The molecule has 0 bridgehead atoms. The Morgan fingerprint density at radius 3 is 2.65 bits per heavy atom. The highest BCUT2D eigenvalue weighted by Crippen LogP contribution is 2.29. The Bertz CT molecular complexity index is 363. The Kier molecular flexibility index (Phi) is 5.82. The summed E-state index contributed by atoms with van der Waals surface area (Å²) in [6.07, 6.45) is -1.13. The third-order valence-electron chi connectivity index (χ3n) is 2.96. The molecule has 2 N–H and O–H groups in total. The molecule has 1 aliphatic heterocycles. The van der Waals surface area contributed by atoms with Crippen LogP contribution in [0.3, 0.4) is 0 Å². The molecule has 6 nitrogen and oxygen atoms in total. The van der Waals surface area contributed by atoms with Crippen molar-refractivity contribution < 1.29 is 27.8 Å². The van der Waals surface area contributed by atoms with Crippen LogP contribution >= 0.6 is 0 Å². The first-order valence-corrected chi connectivity index (χ1v) is 6.47. The number of alkyl halides is 2. The average Bonchev–Trinajstić information content (AvgIpc) is 2.37. The Morgan fingerprint density at radius 2 is 2.15 bits per heavy atom. The summed E-state index contributed by atoms with van der Waals surface area (Å²) >= 11 is 0. The number of rotatable bonds is 5. The van der Waals surface area contributed by atoms with Crippen molar-refractivity contribution in [3.05, 3.63) is 0 Å². The normalized spacial score (nSPS) is 23.2. The highest BCUT2D eigenvalue weighted by molar-refractivity contribution is 5.82. The van der Waals surface area contributed by atoms with Crippen molar-refractivity contribution in [3.63, 3.8) is 0 Å². The smallest absolute Gasteiger partial charge is 0.323 e. The first kappa shape index (κ1) is 16.8. The van der Waals surface area contributed by atoms with Crippen molar-refractivity contribution in [1.29, 1.82) is 0 Å². The number of likely N-dealkylation sites (tertiary alicyclic amines) is 1. The lowest BCUT2D eigenvalue weighted by molar-refractivity contribution is -0.181. The molecular formula is C12H20F2N2O4. The van der Waals surface area contributed by atoms with Crippen LogP contribution in [-0.4, -0.2) is 61.1 Å². The van der Waals surface area contributed by atoms with Gasteiger partial charge in [0.1, 0.15) is 12.1 Å². The van der Waals surface area contributed by atoms with Crippen LogP contribution in [-0.2, 0) is 19.1 Å². The second-order valence-electron chi connectivity index (χ2n) is 4.71. The number of halogens is 2. The summed E-state index contributed by atoms with van der Waals surface area (Å²) in [5.41, 5.74) is 5.26. The van der Waals surface area contributed by atoms with Gasteiger partial charge in [-0.3, -0.25) is 9.59 Å². The Morgan fingerprint density at radius 1 is 1.50 bits per heavy atom. The van der Waals surface area contributed by atoms with E-state index in [4.69, 9.17) is 10.5 Å². The van der Waals surface area contributed by atoms with Gasteiger partial charge in [0.25, 0.3) is 11.8 Å². The van der Waals surface area contributed by atoms with Crippen molar-refractivity contribution in [2.45, 2.75) is 38.3 Å². The molecule has 0 radical (unpaired) electrons. The minimum atomic E-state index is -3.10. The molecule has 0 aromatic heterocycles. The molecule has 0 aromatic rings. The predicted octanol–water partition coefficient (Wildman–Crippen LogP) is 0.150. The zero-order chi connectivity index (χ0) is 15.3. The van der Waals surface area contributed by atoms with E-state index in [1.165, 1.54) is 6.92 Å². The number of nitrogens with two attached hydrogens (primary N) is 1. The molecule has 1 rings (SSSR count). The number of nitrogens with zero attached hydrogens (tertiary/aromatic N) is 1. The number of esters is 1. The van der Waals surface area contributed by atoms with Crippen molar-refractivity contribution in [2.75, 3.05) is 26.3 Å². The number of carbonyl (C=O) groups is 2. The van der Waals surface area contributed by atoms with E-state index in [1.807, 2.05) is 0 Å². The maximum absolute atomic E-state index is 13.7. The molecule has 1 aliphatic rings. The number of piperidine rings is 1. The summed E-state index contributed by atoms with van der Waals surface area (Å²) in [6.45, 7) is 2.09. The van der Waals surface area contributed by atoms with Crippen molar-refractivity contribution in [1.82, 2.24) is 4.90 Å². The minimum absolute atomic E-state index is 0.0494. The molecular weight excluding hydrogens is 274 g/mol. The fraction of sp³-hybridized carbons (Fsp3) is 0.833. The van der Waals surface area contributed by atoms with Crippen LogP contribution in [0.2, 0.25) is 0 Å². The molecule has 20 heavy (non-hydrogen) atoms. The second-order valence-corrected chi connectivity index (χ2v) is 4.71. The molecule has 116 valence electrons. The van der Waals surface area contributed by atoms with E-state index in [0.717, 1.165) is 4.90 Å². The zero-order valence-electron chi connectivity index (χ0n) is 11.6. The topological polar surface area (TPSA) is 81.9 Å². The summed E-state index contributed by atoms with van der Waals surface area (Å²) in [5.74, 6) is -4.50. The van der Waals surface area contributed by atoms with Gasteiger partial charge in [-0.05, 0) is 20.3 Å². The molecule has 0 unspecified atom stereocenters. The molecule has 2 atom stereocenters. The summed E-state index contributed by atoms with van der Waals surface area (Å²) in [6, 6.07) is -0.854. The SMILES string of the molecule is CCO[C@H]1CCN(C(=O)COC(=O)[C@@H](C)N)CC1(F)F. The average molecular weight is 294 g/mol. The van der Waals surface area contributed by atoms with E-state index in [0.29, 0.717) is 0 Å². The monoisotopic (exact) mass is 294 g/mol. The van der Waals surface area contributed by atoms with E-state index in [9.17, 15) is 18.4 Å². The van der Waals surface area contributed by atoms with Crippen molar-refractivity contribution in [3.8, 4) is 0 Å². The highest BCUT2D eigenvalue weighted by Gasteiger charge is 2.46. The lowest BCUT2D eigenvalue weighted by Crippen LogP contribution is -2.55. The van der Waals surface area contributed by atoms with Crippen LogP contribution < -0.4 is 5.73 Å². The van der Waals surface area contributed by atoms with Crippen molar-refractivity contribution >= 4 is 11.9 Å². The van der Waals surface area contributed by atoms with Crippen LogP contribution in [0, 0.1) is 0 Å². The first-order valence-electron chi connectivity index (χ1n) is 6.47. The predicted molar refractivity (Wildman–Crippen MR) is 66.2 cm³/mol. The quantitative estimate of drug-likeness (QED) is 0.730. The summed E-state index contributed by atoms with van der Waals surface area (Å²) in [4.78, 5) is 23.8. The second kappa shape index (κ2) is 6.94. The lowest BCUT2D eigenvalue weighted by Gasteiger charge is -2.37. The molecule has 0 spiro atoms. The van der Waals surface area contributed by atoms with Gasteiger partial charge in [-0.1, -0.05) is 0 Å². The molecule has 0 saturated carbocycles. The third-order valence-corrected chi connectivity index (χ3v) is 2.96. The van der Waals surface area contributed by atoms with Gasteiger partial charge in [0.05, 0.1) is 6.54 Å². The van der Waals surface area contributed by atoms with Gasteiger partial charge in [0.2, 0.25) is 0 Å². The zero-order valence-corrected chi connectivity index (χ0v) is 11.6. The molecule has 1 fully saturated rings. The Balaban J connectivity index is 2.49. The molecule has 1 saturated heterocycles. The van der Waals surface area contributed by atoms with Crippen LogP contribution in [0.15, 0.2) is 0 Å². The van der Waals surface area contributed by atoms with Gasteiger partial charge < -0.3 is 20.1 Å². The largest absolute Gasteiger partial charge is 0.454 e. The fourth-order valence-electron chi connectivity index (χ4n) is 1.89. The summed E-state index contributed by atoms with van der Waals surface area (Å²) < 4.78 is 37.1. The van der Waals surface area contributed by atoms with E-state index in [1.54, 1.807) is 6.92 Å². The molecule has 1 heterocycles. The maximum atomic E-state index is 13.7. The van der Waals surface area contributed by atoms with Gasteiger partial charge >= 0.3 is 5.97 Å². The van der Waals surface area contributed by atoms with Gasteiger partial charge in [-0.25, -0.2) is 8.78 Å². The molecule has 0 aliphatic carbocycles. The number of amides is 1. The van der Waals surface area contributed by atoms with Gasteiger partial charge in [-0.15, -0.1) is 0 Å². The number of carbonyl (C=O) groups excluding carboxylic acids is 2. The van der Waals surface area contributed by atoms with Crippen LogP contribution in [0.1, 0.15) is 20.3 Å². The molecule has 1 amide bonds. The number of ether oxygens (including phenoxy) is 2. The van der Waals surface area contributed by atoms with Crippen LogP contribution in [0.4, 0.5) is 8.78 Å². The molecule has 0 aromatic carbocycles. The van der Waals surface area contributed by atoms with Crippen LogP contribution in [0.25, 0.3) is 0 Å². The summed E-state index contributed by atoms with van der Waals surface area (Å²) in [7, 11) is 0. The van der Waals surface area contributed by atoms with Gasteiger partial charge in [0.15, 0.2) is 6.61 Å².